The van der Waals surface area contributed by atoms with E-state index in [1.165, 1.54) is 10.7 Å². The molecule has 0 spiro atoms. The van der Waals surface area contributed by atoms with Crippen LogP contribution in [0.2, 0.25) is 0 Å². The maximum absolute atomic E-state index is 12.7. The van der Waals surface area contributed by atoms with Gasteiger partial charge in [-0.1, -0.05) is 18.2 Å². The Morgan fingerprint density at radius 3 is 2.42 bits per heavy atom. The van der Waals surface area contributed by atoms with Gasteiger partial charge in [-0.05, 0) is 45.0 Å². The minimum Gasteiger partial charge on any atom is -0.311 e. The van der Waals surface area contributed by atoms with E-state index in [1.807, 2.05) is 57.2 Å². The number of aromatic nitrogens is 4. The Bertz CT molecular complexity index is 975. The number of hydrogen-bond acceptors (Lipinski definition) is 4. The van der Waals surface area contributed by atoms with E-state index in [9.17, 15) is 9.59 Å². The largest absolute Gasteiger partial charge is 0.311 e. The van der Waals surface area contributed by atoms with Crippen molar-refractivity contribution in [3.63, 3.8) is 0 Å². The van der Waals surface area contributed by atoms with Crippen molar-refractivity contribution in [3.8, 4) is 5.82 Å². The van der Waals surface area contributed by atoms with Crippen molar-refractivity contribution >= 4 is 11.6 Å². The van der Waals surface area contributed by atoms with E-state index in [2.05, 4.69) is 10.2 Å². The van der Waals surface area contributed by atoms with E-state index in [1.54, 1.807) is 15.6 Å². The van der Waals surface area contributed by atoms with Gasteiger partial charge in [-0.25, -0.2) is 9.36 Å². The van der Waals surface area contributed by atoms with E-state index in [-0.39, 0.29) is 18.0 Å². The van der Waals surface area contributed by atoms with Crippen LogP contribution in [0.25, 0.3) is 5.82 Å². The maximum Gasteiger partial charge on any atom is 0.267 e. The smallest absolute Gasteiger partial charge is 0.267 e. The van der Waals surface area contributed by atoms with Crippen LogP contribution in [0.4, 0.5) is 5.69 Å². The summed E-state index contributed by atoms with van der Waals surface area (Å²) in [5, 5.41) is 8.70. The lowest BCUT2D eigenvalue weighted by atomic mass is 10.3. The Labute approximate surface area is 151 Å². The van der Waals surface area contributed by atoms with Crippen molar-refractivity contribution in [2.24, 2.45) is 0 Å². The van der Waals surface area contributed by atoms with Gasteiger partial charge in [0.2, 0.25) is 5.91 Å². The van der Waals surface area contributed by atoms with E-state index in [0.29, 0.717) is 12.4 Å². The summed E-state index contributed by atoms with van der Waals surface area (Å²) >= 11 is 0. The molecule has 2 heterocycles. The Morgan fingerprint density at radius 2 is 1.81 bits per heavy atom. The summed E-state index contributed by atoms with van der Waals surface area (Å²) in [6, 6.07) is 14.3. The van der Waals surface area contributed by atoms with Crippen LogP contribution in [0.15, 0.2) is 53.3 Å². The second-order valence-corrected chi connectivity index (χ2v) is 6.00. The number of para-hydroxylation sites is 1. The van der Waals surface area contributed by atoms with Crippen molar-refractivity contribution < 1.29 is 4.79 Å². The molecule has 0 aliphatic carbocycles. The second kappa shape index (κ2) is 7.35. The highest BCUT2D eigenvalue weighted by Crippen LogP contribution is 2.13. The first-order valence-electron chi connectivity index (χ1n) is 8.47. The second-order valence-electron chi connectivity index (χ2n) is 6.00. The molecule has 26 heavy (non-hydrogen) atoms. The van der Waals surface area contributed by atoms with Crippen molar-refractivity contribution in [3.05, 3.63) is 70.3 Å². The summed E-state index contributed by atoms with van der Waals surface area (Å²) in [4.78, 5) is 26.5. The molecule has 3 rings (SSSR count). The van der Waals surface area contributed by atoms with Gasteiger partial charge in [0, 0.05) is 24.0 Å². The zero-order valence-electron chi connectivity index (χ0n) is 15.1. The SMILES string of the molecule is CCN(C(=O)Cn1nc(-n2nc(C)cc2C)ccc1=O)c1ccccc1. The fraction of sp³-hybridized carbons (Fsp3) is 0.263. The zero-order valence-corrected chi connectivity index (χ0v) is 15.1. The van der Waals surface area contributed by atoms with Gasteiger partial charge in [0.1, 0.15) is 6.54 Å². The number of aryl methyl sites for hydroxylation is 2. The van der Waals surface area contributed by atoms with Gasteiger partial charge in [0.05, 0.1) is 5.69 Å². The summed E-state index contributed by atoms with van der Waals surface area (Å²) in [6.07, 6.45) is 0. The molecule has 2 aromatic heterocycles. The van der Waals surface area contributed by atoms with Crippen LogP contribution in [-0.2, 0) is 11.3 Å². The molecule has 1 amide bonds. The third-order valence-electron chi connectivity index (χ3n) is 4.05. The molecular formula is C19H21N5O2. The summed E-state index contributed by atoms with van der Waals surface area (Å²) in [5.41, 5.74) is 2.24. The molecule has 0 aliphatic heterocycles. The van der Waals surface area contributed by atoms with Crippen molar-refractivity contribution in [1.29, 1.82) is 0 Å². The lowest BCUT2D eigenvalue weighted by molar-refractivity contribution is -0.119. The molecular weight excluding hydrogens is 330 g/mol. The van der Waals surface area contributed by atoms with E-state index >= 15 is 0 Å². The molecule has 0 fully saturated rings. The van der Waals surface area contributed by atoms with Gasteiger partial charge >= 0.3 is 0 Å². The van der Waals surface area contributed by atoms with Crippen LogP contribution < -0.4 is 10.5 Å². The summed E-state index contributed by atoms with van der Waals surface area (Å²) in [5.74, 6) is 0.310. The number of likely N-dealkylation sites (N-methyl/N-ethyl adjacent to an activating group) is 1. The van der Waals surface area contributed by atoms with Crippen molar-refractivity contribution in [2.45, 2.75) is 27.3 Å². The normalized spacial score (nSPS) is 10.7. The van der Waals surface area contributed by atoms with Gasteiger partial charge < -0.3 is 4.90 Å². The number of rotatable bonds is 5. The van der Waals surface area contributed by atoms with Gasteiger partial charge in [-0.15, -0.1) is 5.10 Å². The monoisotopic (exact) mass is 351 g/mol. The molecule has 1 aromatic carbocycles. The molecule has 7 heteroatoms. The minimum atomic E-state index is -0.326. The predicted molar refractivity (Wildman–Crippen MR) is 99.6 cm³/mol. The van der Waals surface area contributed by atoms with Crippen LogP contribution in [0.1, 0.15) is 18.3 Å². The topological polar surface area (TPSA) is 73.0 Å². The summed E-state index contributed by atoms with van der Waals surface area (Å²) < 4.78 is 2.84. The highest BCUT2D eigenvalue weighted by molar-refractivity contribution is 5.93. The zero-order chi connectivity index (χ0) is 18.7. The molecule has 0 N–H and O–H groups in total. The summed E-state index contributed by atoms with van der Waals surface area (Å²) in [7, 11) is 0. The Kier molecular flexibility index (Phi) is 4.97. The first-order chi connectivity index (χ1) is 12.5. The molecule has 134 valence electrons. The molecule has 7 nitrogen and oxygen atoms in total. The van der Waals surface area contributed by atoms with Gasteiger partial charge in [0.25, 0.3) is 5.56 Å². The van der Waals surface area contributed by atoms with E-state index < -0.39 is 0 Å². The van der Waals surface area contributed by atoms with Crippen LogP contribution in [-0.4, -0.2) is 32.0 Å². The number of benzene rings is 1. The number of carbonyl (C=O) groups is 1. The van der Waals surface area contributed by atoms with E-state index in [4.69, 9.17) is 0 Å². The molecule has 0 bridgehead atoms. The Balaban J connectivity index is 1.89. The number of carbonyl (C=O) groups excluding carboxylic acids is 1. The molecule has 3 aromatic rings. The fourth-order valence-electron chi connectivity index (χ4n) is 2.85. The third kappa shape index (κ3) is 3.56. The average molecular weight is 351 g/mol. The average Bonchev–Trinajstić information content (AvgIpc) is 2.97. The Morgan fingerprint density at radius 1 is 1.08 bits per heavy atom. The highest BCUT2D eigenvalue weighted by Gasteiger charge is 2.16. The van der Waals surface area contributed by atoms with Crippen LogP contribution in [0, 0.1) is 13.8 Å². The summed E-state index contributed by atoms with van der Waals surface area (Å²) in [6.45, 7) is 6.08. The van der Waals surface area contributed by atoms with Gasteiger partial charge in [-0.2, -0.15) is 5.10 Å². The Hall–Kier alpha value is -3.22. The van der Waals surface area contributed by atoms with Crippen LogP contribution >= 0.6 is 0 Å². The fourth-order valence-corrected chi connectivity index (χ4v) is 2.85. The minimum absolute atomic E-state index is 0.130. The molecule has 0 radical (unpaired) electrons. The van der Waals surface area contributed by atoms with E-state index in [0.717, 1.165) is 17.1 Å². The molecule has 0 saturated heterocycles. The number of amides is 1. The number of hydrogen-bond donors (Lipinski definition) is 0. The first-order valence-corrected chi connectivity index (χ1v) is 8.47. The maximum atomic E-state index is 12.7. The quantitative estimate of drug-likeness (QED) is 0.706. The third-order valence-corrected chi connectivity index (χ3v) is 4.05. The lowest BCUT2D eigenvalue weighted by Crippen LogP contribution is -2.37. The molecule has 0 saturated carbocycles. The van der Waals surface area contributed by atoms with Gasteiger partial charge in [-0.3, -0.25) is 9.59 Å². The standard InChI is InChI=1S/C19H21N5O2/c1-4-22(16-8-6-5-7-9-16)19(26)13-23-18(25)11-10-17(21-23)24-15(3)12-14(2)20-24/h5-12H,4,13H2,1-3H3. The molecule has 0 atom stereocenters. The van der Waals surface area contributed by atoms with Gasteiger partial charge in [0.15, 0.2) is 5.82 Å². The highest BCUT2D eigenvalue weighted by atomic mass is 16.2. The number of anilines is 1. The van der Waals surface area contributed by atoms with Crippen molar-refractivity contribution in [2.75, 3.05) is 11.4 Å². The lowest BCUT2D eigenvalue weighted by Gasteiger charge is -2.21. The number of nitrogens with zero attached hydrogens (tertiary/aromatic N) is 5. The van der Waals surface area contributed by atoms with Crippen molar-refractivity contribution in [1.82, 2.24) is 19.6 Å². The molecule has 0 aliphatic rings. The predicted octanol–water partition coefficient (Wildman–Crippen LogP) is 2.10. The van der Waals surface area contributed by atoms with Crippen LogP contribution in [0.5, 0.6) is 0 Å². The first kappa shape index (κ1) is 17.6. The van der Waals surface area contributed by atoms with Crippen LogP contribution in [0.3, 0.4) is 0 Å². The molecule has 0 unspecified atom stereocenters.